The first-order valence-corrected chi connectivity index (χ1v) is 5.29. The van der Waals surface area contributed by atoms with Crippen LogP contribution in [-0.2, 0) is 0 Å². The van der Waals surface area contributed by atoms with E-state index in [1.165, 1.54) is 17.1 Å². The lowest BCUT2D eigenvalue weighted by atomic mass is 10.0. The SMILES string of the molecule is CC1=N[C@@H](C)C(C)=C2CN(C)CCN12. The highest BCUT2D eigenvalue weighted by Crippen LogP contribution is 2.24. The molecule has 14 heavy (non-hydrogen) atoms. The number of fused-ring (bicyclic) bond motifs is 1. The summed E-state index contributed by atoms with van der Waals surface area (Å²) in [5, 5.41) is 0. The highest BCUT2D eigenvalue weighted by Gasteiger charge is 2.27. The summed E-state index contributed by atoms with van der Waals surface area (Å²) in [4.78, 5) is 9.39. The standard InChI is InChI=1S/C11H19N3/c1-8-9(2)12-10(3)14-6-5-13(4)7-11(8)14/h9H,5-7H2,1-4H3/t9-/m0/s1. The van der Waals surface area contributed by atoms with E-state index >= 15 is 0 Å². The maximum absolute atomic E-state index is 4.64. The molecule has 2 heterocycles. The fourth-order valence-corrected chi connectivity index (χ4v) is 2.21. The van der Waals surface area contributed by atoms with E-state index in [1.807, 2.05) is 0 Å². The third-order valence-electron chi connectivity index (χ3n) is 3.30. The van der Waals surface area contributed by atoms with Crippen LogP contribution in [0.25, 0.3) is 0 Å². The van der Waals surface area contributed by atoms with E-state index in [0.29, 0.717) is 6.04 Å². The Morgan fingerprint density at radius 3 is 2.71 bits per heavy atom. The molecule has 0 aliphatic carbocycles. The Labute approximate surface area is 86.1 Å². The number of amidine groups is 1. The van der Waals surface area contributed by atoms with E-state index in [2.05, 4.69) is 42.6 Å². The van der Waals surface area contributed by atoms with Crippen LogP contribution in [-0.4, -0.2) is 48.4 Å². The molecule has 78 valence electrons. The van der Waals surface area contributed by atoms with Gasteiger partial charge in [0.2, 0.25) is 0 Å². The molecule has 1 saturated heterocycles. The van der Waals surface area contributed by atoms with E-state index < -0.39 is 0 Å². The molecule has 2 aliphatic rings. The number of aliphatic imine (C=N–C) groups is 1. The number of piperazine rings is 1. The van der Waals surface area contributed by atoms with Crippen molar-refractivity contribution in [3.8, 4) is 0 Å². The molecule has 2 rings (SSSR count). The minimum Gasteiger partial charge on any atom is -0.332 e. The van der Waals surface area contributed by atoms with Crippen molar-refractivity contribution >= 4 is 5.84 Å². The Bertz CT molecular complexity index is 304. The van der Waals surface area contributed by atoms with Gasteiger partial charge in [0.15, 0.2) is 0 Å². The summed E-state index contributed by atoms with van der Waals surface area (Å²) in [5.41, 5.74) is 2.90. The van der Waals surface area contributed by atoms with E-state index in [4.69, 9.17) is 0 Å². The molecular weight excluding hydrogens is 174 g/mol. The predicted octanol–water partition coefficient (Wildman–Crippen LogP) is 1.33. The molecule has 0 saturated carbocycles. The van der Waals surface area contributed by atoms with Gasteiger partial charge >= 0.3 is 0 Å². The predicted molar refractivity (Wildman–Crippen MR) is 59.5 cm³/mol. The van der Waals surface area contributed by atoms with Gasteiger partial charge in [-0.05, 0) is 33.4 Å². The van der Waals surface area contributed by atoms with Crippen LogP contribution in [0, 0.1) is 0 Å². The van der Waals surface area contributed by atoms with Crippen molar-refractivity contribution in [1.82, 2.24) is 9.80 Å². The van der Waals surface area contributed by atoms with Crippen molar-refractivity contribution in [2.75, 3.05) is 26.7 Å². The van der Waals surface area contributed by atoms with Gasteiger partial charge in [0.05, 0.1) is 6.04 Å². The van der Waals surface area contributed by atoms with Gasteiger partial charge in [-0.1, -0.05) is 0 Å². The van der Waals surface area contributed by atoms with Gasteiger partial charge in [-0.25, -0.2) is 0 Å². The van der Waals surface area contributed by atoms with Crippen LogP contribution in [0.4, 0.5) is 0 Å². The largest absolute Gasteiger partial charge is 0.332 e. The van der Waals surface area contributed by atoms with Crippen molar-refractivity contribution in [2.45, 2.75) is 26.8 Å². The quantitative estimate of drug-likeness (QED) is 0.578. The minimum absolute atomic E-state index is 0.368. The molecular formula is C11H19N3. The second kappa shape index (κ2) is 3.39. The lowest BCUT2D eigenvalue weighted by molar-refractivity contribution is 0.252. The molecule has 0 aromatic heterocycles. The fourth-order valence-electron chi connectivity index (χ4n) is 2.21. The minimum atomic E-state index is 0.368. The second-order valence-electron chi connectivity index (χ2n) is 4.37. The average molecular weight is 193 g/mol. The van der Waals surface area contributed by atoms with E-state index in [0.717, 1.165) is 19.6 Å². The molecule has 3 heteroatoms. The molecule has 0 bridgehead atoms. The zero-order valence-electron chi connectivity index (χ0n) is 9.54. The van der Waals surface area contributed by atoms with Gasteiger partial charge < -0.3 is 4.90 Å². The molecule has 2 aliphatic heterocycles. The summed E-state index contributed by atoms with van der Waals surface area (Å²) in [6.45, 7) is 9.81. The summed E-state index contributed by atoms with van der Waals surface area (Å²) in [6, 6.07) is 0.368. The molecule has 3 nitrogen and oxygen atoms in total. The summed E-state index contributed by atoms with van der Waals surface area (Å²) in [6.07, 6.45) is 0. The highest BCUT2D eigenvalue weighted by atomic mass is 15.3. The Kier molecular flexibility index (Phi) is 2.35. The number of hydrogen-bond acceptors (Lipinski definition) is 3. The summed E-state index contributed by atoms with van der Waals surface area (Å²) < 4.78 is 0. The monoisotopic (exact) mass is 193 g/mol. The maximum Gasteiger partial charge on any atom is 0.101 e. The Balaban J connectivity index is 2.32. The fraction of sp³-hybridized carbons (Fsp3) is 0.727. The maximum atomic E-state index is 4.64. The molecule has 0 spiro atoms. The van der Waals surface area contributed by atoms with Gasteiger partial charge in [-0.3, -0.25) is 9.89 Å². The van der Waals surface area contributed by atoms with Crippen LogP contribution in [0.2, 0.25) is 0 Å². The number of likely N-dealkylation sites (N-methyl/N-ethyl adjacent to an activating group) is 1. The number of hydrogen-bond donors (Lipinski definition) is 0. The lowest BCUT2D eigenvalue weighted by Gasteiger charge is -2.40. The Morgan fingerprint density at radius 2 is 2.00 bits per heavy atom. The normalized spacial score (nSPS) is 29.0. The first-order chi connectivity index (χ1) is 6.59. The van der Waals surface area contributed by atoms with E-state index in [-0.39, 0.29) is 0 Å². The van der Waals surface area contributed by atoms with Gasteiger partial charge in [-0.2, -0.15) is 0 Å². The third kappa shape index (κ3) is 1.46. The van der Waals surface area contributed by atoms with Crippen LogP contribution < -0.4 is 0 Å². The van der Waals surface area contributed by atoms with Crippen LogP contribution in [0.5, 0.6) is 0 Å². The molecule has 1 atom stereocenters. The van der Waals surface area contributed by atoms with Crippen LogP contribution in [0.15, 0.2) is 16.3 Å². The lowest BCUT2D eigenvalue weighted by Crippen LogP contribution is -2.47. The van der Waals surface area contributed by atoms with Crippen molar-refractivity contribution in [3.05, 3.63) is 11.3 Å². The van der Waals surface area contributed by atoms with Crippen molar-refractivity contribution in [3.63, 3.8) is 0 Å². The summed E-state index contributed by atoms with van der Waals surface area (Å²) in [5.74, 6) is 1.19. The van der Waals surface area contributed by atoms with Gasteiger partial charge in [0.1, 0.15) is 5.84 Å². The van der Waals surface area contributed by atoms with Crippen molar-refractivity contribution < 1.29 is 0 Å². The highest BCUT2D eigenvalue weighted by molar-refractivity contribution is 5.83. The number of rotatable bonds is 0. The first kappa shape index (κ1) is 9.71. The second-order valence-corrected chi connectivity index (χ2v) is 4.37. The molecule has 0 aromatic carbocycles. The molecule has 1 fully saturated rings. The molecule has 0 N–H and O–H groups in total. The van der Waals surface area contributed by atoms with Crippen molar-refractivity contribution in [2.24, 2.45) is 4.99 Å². The van der Waals surface area contributed by atoms with Crippen molar-refractivity contribution in [1.29, 1.82) is 0 Å². The third-order valence-corrected chi connectivity index (χ3v) is 3.30. The molecule has 0 unspecified atom stereocenters. The zero-order valence-corrected chi connectivity index (χ0v) is 9.54. The molecule has 0 amide bonds. The number of nitrogens with zero attached hydrogens (tertiary/aromatic N) is 3. The van der Waals surface area contributed by atoms with E-state index in [1.54, 1.807) is 0 Å². The smallest absolute Gasteiger partial charge is 0.101 e. The van der Waals surface area contributed by atoms with Crippen LogP contribution in [0.3, 0.4) is 0 Å². The van der Waals surface area contributed by atoms with Crippen LogP contribution in [0.1, 0.15) is 20.8 Å². The molecule has 0 aromatic rings. The first-order valence-electron chi connectivity index (χ1n) is 5.29. The summed E-state index contributed by atoms with van der Waals surface area (Å²) >= 11 is 0. The van der Waals surface area contributed by atoms with E-state index in [9.17, 15) is 0 Å². The summed E-state index contributed by atoms with van der Waals surface area (Å²) in [7, 11) is 2.18. The van der Waals surface area contributed by atoms with Gasteiger partial charge in [0.25, 0.3) is 0 Å². The average Bonchev–Trinajstić information content (AvgIpc) is 2.14. The van der Waals surface area contributed by atoms with Gasteiger partial charge in [-0.15, -0.1) is 0 Å². The van der Waals surface area contributed by atoms with Crippen LogP contribution >= 0.6 is 0 Å². The Morgan fingerprint density at radius 1 is 1.29 bits per heavy atom. The zero-order chi connectivity index (χ0) is 10.3. The Hall–Kier alpha value is -0.830. The topological polar surface area (TPSA) is 18.8 Å². The molecule has 0 radical (unpaired) electrons. The van der Waals surface area contributed by atoms with Gasteiger partial charge in [0, 0.05) is 25.3 Å².